The van der Waals surface area contributed by atoms with E-state index in [4.69, 9.17) is 5.73 Å². The number of nitrogens with two attached hydrogens (primary N) is 1. The minimum atomic E-state index is -4.95. The lowest BCUT2D eigenvalue weighted by molar-refractivity contribution is -0.143. The lowest BCUT2D eigenvalue weighted by Crippen LogP contribution is -2.16. The standard InChI is InChI=1S/C12H12F6N2O.ClH/c13-11(14,15)7-4-8(12(16,17)18)6-9(5-7)20-10(21)2-1-3-19;/h4-6H,1-3,19H2,(H,20,21);1H. The molecule has 0 saturated heterocycles. The van der Waals surface area contributed by atoms with E-state index in [1.165, 1.54) is 0 Å². The number of carbonyl (C=O) groups excluding carboxylic acids is 1. The zero-order valence-corrected chi connectivity index (χ0v) is 11.8. The smallest absolute Gasteiger partial charge is 0.330 e. The Morgan fingerprint density at radius 3 is 1.82 bits per heavy atom. The second kappa shape index (κ2) is 7.68. The summed E-state index contributed by atoms with van der Waals surface area (Å²) < 4.78 is 75.5. The van der Waals surface area contributed by atoms with Crippen molar-refractivity contribution in [2.75, 3.05) is 11.9 Å². The van der Waals surface area contributed by atoms with E-state index in [-0.39, 0.29) is 37.9 Å². The van der Waals surface area contributed by atoms with Crippen LogP contribution >= 0.6 is 12.4 Å². The van der Waals surface area contributed by atoms with E-state index in [2.05, 4.69) is 0 Å². The Morgan fingerprint density at radius 1 is 1.00 bits per heavy atom. The molecule has 126 valence electrons. The van der Waals surface area contributed by atoms with Gasteiger partial charge in [-0.15, -0.1) is 12.4 Å². The van der Waals surface area contributed by atoms with Crippen molar-refractivity contribution in [3.05, 3.63) is 29.3 Å². The first-order valence-electron chi connectivity index (χ1n) is 5.83. The lowest BCUT2D eigenvalue weighted by Gasteiger charge is -2.14. The molecule has 3 N–H and O–H groups in total. The molecular formula is C12H13ClF6N2O. The molecule has 0 radical (unpaired) electrons. The molecule has 3 nitrogen and oxygen atoms in total. The van der Waals surface area contributed by atoms with Gasteiger partial charge in [0, 0.05) is 12.1 Å². The van der Waals surface area contributed by atoms with Crippen LogP contribution in [0.3, 0.4) is 0 Å². The Balaban J connectivity index is 0.00000441. The SMILES string of the molecule is Cl.NCCCC(=O)Nc1cc(C(F)(F)F)cc(C(F)(F)F)c1. The van der Waals surface area contributed by atoms with Gasteiger partial charge in [-0.2, -0.15) is 26.3 Å². The minimum Gasteiger partial charge on any atom is -0.330 e. The van der Waals surface area contributed by atoms with E-state index in [9.17, 15) is 31.1 Å². The summed E-state index contributed by atoms with van der Waals surface area (Å²) >= 11 is 0. The van der Waals surface area contributed by atoms with Crippen LogP contribution in [0, 0.1) is 0 Å². The van der Waals surface area contributed by atoms with Gasteiger partial charge >= 0.3 is 12.4 Å². The van der Waals surface area contributed by atoms with Crippen molar-refractivity contribution < 1.29 is 31.1 Å². The summed E-state index contributed by atoms with van der Waals surface area (Å²) in [5.74, 6) is -0.701. The van der Waals surface area contributed by atoms with Crippen molar-refractivity contribution in [2.24, 2.45) is 5.73 Å². The van der Waals surface area contributed by atoms with Gasteiger partial charge in [-0.3, -0.25) is 4.79 Å². The number of alkyl halides is 6. The number of carbonyl (C=O) groups is 1. The van der Waals surface area contributed by atoms with E-state index in [1.54, 1.807) is 0 Å². The highest BCUT2D eigenvalue weighted by molar-refractivity contribution is 5.90. The second-order valence-electron chi connectivity index (χ2n) is 4.23. The van der Waals surface area contributed by atoms with Crippen molar-refractivity contribution in [1.82, 2.24) is 0 Å². The largest absolute Gasteiger partial charge is 0.416 e. The minimum absolute atomic E-state index is 0. The van der Waals surface area contributed by atoms with Crippen molar-refractivity contribution in [1.29, 1.82) is 0 Å². The molecule has 0 fully saturated rings. The third-order valence-electron chi connectivity index (χ3n) is 2.48. The van der Waals surface area contributed by atoms with E-state index in [0.29, 0.717) is 12.1 Å². The Kier molecular flexibility index (Phi) is 7.17. The average Bonchev–Trinajstić information content (AvgIpc) is 2.34. The van der Waals surface area contributed by atoms with Crippen molar-refractivity contribution in [3.63, 3.8) is 0 Å². The molecule has 0 heterocycles. The van der Waals surface area contributed by atoms with Crippen molar-refractivity contribution in [2.45, 2.75) is 25.2 Å². The molecule has 1 amide bonds. The van der Waals surface area contributed by atoms with Crippen LogP contribution < -0.4 is 11.1 Å². The predicted molar refractivity (Wildman–Crippen MR) is 70.6 cm³/mol. The third-order valence-corrected chi connectivity index (χ3v) is 2.48. The maximum atomic E-state index is 12.6. The van der Waals surface area contributed by atoms with Crippen molar-refractivity contribution >= 4 is 24.0 Å². The van der Waals surface area contributed by atoms with E-state index >= 15 is 0 Å². The number of nitrogens with one attached hydrogen (secondary N) is 1. The average molecular weight is 351 g/mol. The van der Waals surface area contributed by atoms with Gasteiger partial charge in [0.05, 0.1) is 11.1 Å². The van der Waals surface area contributed by atoms with Gasteiger partial charge in [-0.1, -0.05) is 0 Å². The summed E-state index contributed by atoms with van der Waals surface area (Å²) in [5.41, 5.74) is 1.64. The van der Waals surface area contributed by atoms with Crippen LogP contribution in [0.1, 0.15) is 24.0 Å². The normalized spacial score (nSPS) is 11.8. The molecule has 0 aliphatic heterocycles. The molecule has 22 heavy (non-hydrogen) atoms. The summed E-state index contributed by atoms with van der Waals surface area (Å²) in [6, 6.07) is 0.903. The Morgan fingerprint density at radius 2 is 1.45 bits per heavy atom. The summed E-state index contributed by atoms with van der Waals surface area (Å²) in [6.45, 7) is 0.184. The molecule has 10 heteroatoms. The quantitative estimate of drug-likeness (QED) is 0.811. The van der Waals surface area contributed by atoms with Crippen LogP contribution in [0.2, 0.25) is 0 Å². The molecule has 1 aromatic carbocycles. The molecule has 1 rings (SSSR count). The highest BCUT2D eigenvalue weighted by atomic mass is 35.5. The van der Waals surface area contributed by atoms with Gasteiger partial charge in [0.2, 0.25) is 5.91 Å². The zero-order chi connectivity index (χ0) is 16.3. The number of rotatable bonds is 4. The number of hydrogen-bond donors (Lipinski definition) is 2. The molecule has 0 atom stereocenters. The molecule has 0 aliphatic carbocycles. The fourth-order valence-corrected chi connectivity index (χ4v) is 1.51. The summed E-state index contributed by atoms with van der Waals surface area (Å²) in [7, 11) is 0. The highest BCUT2D eigenvalue weighted by Gasteiger charge is 2.37. The van der Waals surface area contributed by atoms with Crippen LogP contribution in [0.15, 0.2) is 18.2 Å². The van der Waals surface area contributed by atoms with Crippen LogP contribution in [-0.2, 0) is 17.1 Å². The maximum Gasteiger partial charge on any atom is 0.416 e. The van der Waals surface area contributed by atoms with Crippen LogP contribution in [0.25, 0.3) is 0 Å². The molecule has 0 saturated carbocycles. The Labute approximate surface area is 128 Å². The second-order valence-corrected chi connectivity index (χ2v) is 4.23. The van der Waals surface area contributed by atoms with Gasteiger partial charge in [0.25, 0.3) is 0 Å². The van der Waals surface area contributed by atoms with Crippen LogP contribution in [0.5, 0.6) is 0 Å². The van der Waals surface area contributed by atoms with Gasteiger partial charge < -0.3 is 11.1 Å². The molecule has 0 spiro atoms. The lowest BCUT2D eigenvalue weighted by atomic mass is 10.1. The van der Waals surface area contributed by atoms with Crippen LogP contribution in [0.4, 0.5) is 32.0 Å². The maximum absolute atomic E-state index is 12.6. The molecule has 0 bridgehead atoms. The van der Waals surface area contributed by atoms with Gasteiger partial charge in [0.1, 0.15) is 0 Å². The number of benzene rings is 1. The summed E-state index contributed by atoms with van der Waals surface area (Å²) in [6.07, 6.45) is -9.71. The predicted octanol–water partition coefficient (Wildman–Crippen LogP) is 3.82. The first kappa shape index (κ1) is 20.5. The van der Waals surface area contributed by atoms with Gasteiger partial charge in [0.15, 0.2) is 0 Å². The highest BCUT2D eigenvalue weighted by Crippen LogP contribution is 2.37. The molecule has 0 unspecified atom stereocenters. The topological polar surface area (TPSA) is 55.1 Å². The fraction of sp³-hybridized carbons (Fsp3) is 0.417. The Hall–Kier alpha value is -1.48. The summed E-state index contributed by atoms with van der Waals surface area (Å²) in [4.78, 5) is 11.4. The first-order chi connectivity index (χ1) is 9.54. The van der Waals surface area contributed by atoms with E-state index in [1.807, 2.05) is 5.32 Å². The Bertz CT molecular complexity index is 483. The van der Waals surface area contributed by atoms with Gasteiger partial charge in [-0.05, 0) is 31.2 Å². The zero-order valence-electron chi connectivity index (χ0n) is 11.0. The number of hydrogen-bond acceptors (Lipinski definition) is 2. The van der Waals surface area contributed by atoms with Gasteiger partial charge in [-0.25, -0.2) is 0 Å². The van der Waals surface area contributed by atoms with E-state index in [0.717, 1.165) is 0 Å². The third kappa shape index (κ3) is 6.10. The molecule has 0 aliphatic rings. The van der Waals surface area contributed by atoms with Crippen LogP contribution in [-0.4, -0.2) is 12.5 Å². The number of amides is 1. The van der Waals surface area contributed by atoms with Crippen molar-refractivity contribution in [3.8, 4) is 0 Å². The number of anilines is 1. The number of halogens is 7. The fourth-order valence-electron chi connectivity index (χ4n) is 1.51. The molecule has 0 aromatic heterocycles. The summed E-state index contributed by atoms with van der Waals surface area (Å²) in [5, 5.41) is 2.01. The monoisotopic (exact) mass is 350 g/mol. The first-order valence-corrected chi connectivity index (χ1v) is 5.83. The molecule has 1 aromatic rings. The molecular weight excluding hydrogens is 338 g/mol. The van der Waals surface area contributed by atoms with E-state index < -0.39 is 35.1 Å².